The molecule has 8 nitrogen and oxygen atoms in total. The quantitative estimate of drug-likeness (QED) is 0.472. The second-order valence-electron chi connectivity index (χ2n) is 7.08. The van der Waals surface area contributed by atoms with E-state index in [-0.39, 0.29) is 18.8 Å². The maximum atomic E-state index is 13.4. The summed E-state index contributed by atoms with van der Waals surface area (Å²) in [4.78, 5) is 43.0. The smallest absolute Gasteiger partial charge is 0.346 e. The van der Waals surface area contributed by atoms with Crippen LogP contribution in [0.2, 0.25) is 5.02 Å². The molecule has 0 atom stereocenters. The van der Waals surface area contributed by atoms with Gasteiger partial charge in [-0.25, -0.2) is 9.18 Å². The molecule has 10 heteroatoms. The van der Waals surface area contributed by atoms with Crippen molar-refractivity contribution in [3.05, 3.63) is 122 Å². The summed E-state index contributed by atoms with van der Waals surface area (Å²) in [6.45, 7) is -0.0252. The van der Waals surface area contributed by atoms with Crippen LogP contribution in [0.15, 0.2) is 82.6 Å². The monoisotopic (exact) mass is 465 g/mol. The normalized spacial score (nSPS) is 10.7. The van der Waals surface area contributed by atoms with Gasteiger partial charge in [-0.15, -0.1) is 0 Å². The fourth-order valence-corrected chi connectivity index (χ4v) is 3.35. The number of pyridine rings is 1. The van der Waals surface area contributed by atoms with E-state index in [0.29, 0.717) is 10.6 Å². The zero-order valence-electron chi connectivity index (χ0n) is 17.1. The molecule has 1 amide bonds. The van der Waals surface area contributed by atoms with Crippen LogP contribution < -0.4 is 16.6 Å². The van der Waals surface area contributed by atoms with Gasteiger partial charge in [0.2, 0.25) is 5.69 Å². The second-order valence-corrected chi connectivity index (χ2v) is 7.52. The number of amides is 1. The molecule has 0 aliphatic rings. The minimum atomic E-state index is -0.859. The highest BCUT2D eigenvalue weighted by Crippen LogP contribution is 2.11. The summed E-state index contributed by atoms with van der Waals surface area (Å²) in [5, 5.41) is 7.04. The minimum Gasteiger partial charge on any atom is -0.346 e. The van der Waals surface area contributed by atoms with Crippen LogP contribution in [0, 0.1) is 5.82 Å². The first kappa shape index (κ1) is 22.1. The number of hydrogen-bond donors (Lipinski definition) is 1. The molecule has 0 bridgehead atoms. The summed E-state index contributed by atoms with van der Waals surface area (Å²) in [5.41, 5.74) is -0.623. The third-order valence-electron chi connectivity index (χ3n) is 4.75. The molecular formula is C23H17ClFN5O3. The van der Waals surface area contributed by atoms with Crippen LogP contribution in [0.1, 0.15) is 21.6 Å². The molecule has 2 aromatic heterocycles. The third kappa shape index (κ3) is 5.04. The van der Waals surface area contributed by atoms with Gasteiger partial charge in [0, 0.05) is 24.0 Å². The van der Waals surface area contributed by atoms with Gasteiger partial charge in [-0.3, -0.25) is 19.1 Å². The first-order valence-electron chi connectivity index (χ1n) is 9.84. The largest absolute Gasteiger partial charge is 0.352 e. The van der Waals surface area contributed by atoms with E-state index in [1.54, 1.807) is 48.8 Å². The Bertz CT molecular complexity index is 1420. The molecule has 1 N–H and O–H groups in total. The fourth-order valence-electron chi connectivity index (χ4n) is 3.13. The number of aromatic nitrogens is 4. The Morgan fingerprint density at radius 3 is 2.48 bits per heavy atom. The Morgan fingerprint density at radius 2 is 1.79 bits per heavy atom. The van der Waals surface area contributed by atoms with Crippen molar-refractivity contribution < 1.29 is 9.18 Å². The number of carbonyl (C=O) groups excluding carboxylic acids is 1. The molecule has 0 aliphatic carbocycles. The molecule has 0 spiro atoms. The van der Waals surface area contributed by atoms with Gasteiger partial charge in [0.15, 0.2) is 0 Å². The summed E-state index contributed by atoms with van der Waals surface area (Å²) in [6, 6.07) is 15.1. The molecule has 0 unspecified atom stereocenters. The Morgan fingerprint density at radius 1 is 1.03 bits per heavy atom. The predicted octanol–water partition coefficient (Wildman–Crippen LogP) is 2.56. The number of nitrogens with zero attached hydrogens (tertiary/aromatic N) is 4. The molecule has 0 saturated carbocycles. The van der Waals surface area contributed by atoms with E-state index in [1.165, 1.54) is 12.1 Å². The number of halogens is 2. The minimum absolute atomic E-state index is 0.109. The van der Waals surface area contributed by atoms with Crippen molar-refractivity contribution in [2.75, 3.05) is 0 Å². The summed E-state index contributed by atoms with van der Waals surface area (Å²) in [6.07, 6.45) is 3.17. The van der Waals surface area contributed by atoms with Crippen LogP contribution in [-0.2, 0) is 13.1 Å². The second kappa shape index (κ2) is 9.58. The van der Waals surface area contributed by atoms with Crippen LogP contribution in [0.4, 0.5) is 4.39 Å². The van der Waals surface area contributed by atoms with Gasteiger partial charge in [0.25, 0.3) is 11.5 Å². The van der Waals surface area contributed by atoms with E-state index in [4.69, 9.17) is 11.6 Å². The van der Waals surface area contributed by atoms with Crippen LogP contribution in [0.3, 0.4) is 0 Å². The number of hydrogen-bond acceptors (Lipinski definition) is 5. The van der Waals surface area contributed by atoms with E-state index in [9.17, 15) is 18.8 Å². The van der Waals surface area contributed by atoms with Gasteiger partial charge in [-0.05, 0) is 53.6 Å². The summed E-state index contributed by atoms with van der Waals surface area (Å²) in [5.74, 6) is -1.27. The Hall–Kier alpha value is -4.11. The molecule has 33 heavy (non-hydrogen) atoms. The van der Waals surface area contributed by atoms with Gasteiger partial charge in [0.1, 0.15) is 5.82 Å². The molecule has 0 radical (unpaired) electrons. The molecule has 4 aromatic rings. The molecule has 2 heterocycles. The third-order valence-corrected chi connectivity index (χ3v) is 4.99. The van der Waals surface area contributed by atoms with E-state index in [1.807, 2.05) is 0 Å². The van der Waals surface area contributed by atoms with Gasteiger partial charge in [-0.1, -0.05) is 29.8 Å². The zero-order valence-corrected chi connectivity index (χ0v) is 17.9. The first-order valence-corrected chi connectivity index (χ1v) is 10.2. The van der Waals surface area contributed by atoms with Crippen molar-refractivity contribution in [2.24, 2.45) is 0 Å². The van der Waals surface area contributed by atoms with E-state index < -0.39 is 28.7 Å². The maximum Gasteiger partial charge on any atom is 0.352 e. The lowest BCUT2D eigenvalue weighted by molar-refractivity contribution is 0.0941. The predicted molar refractivity (Wildman–Crippen MR) is 120 cm³/mol. The van der Waals surface area contributed by atoms with Crippen LogP contribution in [0.25, 0.3) is 5.69 Å². The Kier molecular flexibility index (Phi) is 6.41. The number of nitrogens with one attached hydrogen (secondary N) is 1. The van der Waals surface area contributed by atoms with Crippen LogP contribution >= 0.6 is 11.6 Å². The molecule has 0 fully saturated rings. The van der Waals surface area contributed by atoms with Crippen molar-refractivity contribution in [2.45, 2.75) is 13.1 Å². The number of benzene rings is 2. The Labute approximate surface area is 191 Å². The number of carbonyl (C=O) groups is 1. The Balaban J connectivity index is 1.78. The van der Waals surface area contributed by atoms with Crippen LogP contribution in [0.5, 0.6) is 0 Å². The first-order chi connectivity index (χ1) is 15.9. The zero-order chi connectivity index (χ0) is 23.4. The molecule has 0 saturated heterocycles. The van der Waals surface area contributed by atoms with Gasteiger partial charge in [0.05, 0.1) is 12.2 Å². The summed E-state index contributed by atoms with van der Waals surface area (Å²) < 4.78 is 15.2. The van der Waals surface area contributed by atoms with Gasteiger partial charge in [-0.2, -0.15) is 9.78 Å². The van der Waals surface area contributed by atoms with Crippen molar-refractivity contribution >= 4 is 17.5 Å². The number of rotatable bonds is 6. The van der Waals surface area contributed by atoms with Crippen molar-refractivity contribution in [3.63, 3.8) is 0 Å². The lowest BCUT2D eigenvalue weighted by Crippen LogP contribution is -2.46. The van der Waals surface area contributed by atoms with E-state index in [2.05, 4.69) is 15.4 Å². The lowest BCUT2D eigenvalue weighted by Gasteiger charge is -2.12. The lowest BCUT2D eigenvalue weighted by atomic mass is 10.2. The highest BCUT2D eigenvalue weighted by Gasteiger charge is 2.20. The maximum absolute atomic E-state index is 13.4. The average molecular weight is 466 g/mol. The fraction of sp³-hybridized carbons (Fsp3) is 0.0870. The topological polar surface area (TPSA) is 98.9 Å². The molecule has 0 aliphatic heterocycles. The van der Waals surface area contributed by atoms with Gasteiger partial charge < -0.3 is 5.32 Å². The van der Waals surface area contributed by atoms with E-state index >= 15 is 0 Å². The summed E-state index contributed by atoms with van der Waals surface area (Å²) >= 11 is 6.03. The van der Waals surface area contributed by atoms with Crippen molar-refractivity contribution in [1.29, 1.82) is 0 Å². The molecule has 2 aromatic carbocycles. The molecular weight excluding hydrogens is 449 g/mol. The van der Waals surface area contributed by atoms with Crippen LogP contribution in [-0.4, -0.2) is 25.2 Å². The van der Waals surface area contributed by atoms with Crippen molar-refractivity contribution in [1.82, 2.24) is 24.6 Å². The summed E-state index contributed by atoms with van der Waals surface area (Å²) in [7, 11) is 0. The van der Waals surface area contributed by atoms with Crippen molar-refractivity contribution in [3.8, 4) is 5.69 Å². The van der Waals surface area contributed by atoms with E-state index in [0.717, 1.165) is 26.9 Å². The SMILES string of the molecule is O=C(NCc1cccnc1)c1nn(-c2ccc(F)cc2)c(=O)n(Cc2cccc(Cl)c2)c1=O. The highest BCUT2D eigenvalue weighted by atomic mass is 35.5. The average Bonchev–Trinajstić information content (AvgIpc) is 2.82. The van der Waals surface area contributed by atoms with Gasteiger partial charge >= 0.3 is 5.69 Å². The molecule has 166 valence electrons. The standard InChI is InChI=1S/C23H17ClFN5O3/c24-17-5-1-3-15(11-17)14-29-22(32)20(21(31)27-13-16-4-2-10-26-12-16)28-30(23(29)33)19-8-6-18(25)7-9-19/h1-12H,13-14H2,(H,27,31). The highest BCUT2D eigenvalue weighted by molar-refractivity contribution is 6.30. The molecule has 4 rings (SSSR count).